The fraction of sp³-hybridized carbons (Fsp3) is 0.320. The van der Waals surface area contributed by atoms with Crippen LogP contribution < -0.4 is 10.1 Å². The van der Waals surface area contributed by atoms with Crippen LogP contribution in [0, 0.1) is 23.1 Å². The van der Waals surface area contributed by atoms with Gasteiger partial charge in [-0.05, 0) is 67.8 Å². The van der Waals surface area contributed by atoms with Gasteiger partial charge in [0.1, 0.15) is 11.6 Å². The van der Waals surface area contributed by atoms with Crippen LogP contribution in [0.4, 0.5) is 4.39 Å². The standard InChI is InChI=1S/C25H26FN3O4S/c1-28-15-20-12-25(29(16-20)34(30,31)22-4-2-3-19(11-22)14-27)23-6-5-21(13-24(23)26)33-17-18-7-9-32-10-8-18/h2-6,11-13,16,18,28H,7-10,15,17H2,1H3. The zero-order chi connectivity index (χ0) is 24.1. The van der Waals surface area contributed by atoms with Gasteiger partial charge in [-0.25, -0.2) is 16.8 Å². The molecule has 1 aliphatic heterocycles. The van der Waals surface area contributed by atoms with Crippen molar-refractivity contribution in [1.82, 2.24) is 9.29 Å². The third-order valence-corrected chi connectivity index (χ3v) is 7.46. The molecule has 0 spiro atoms. The molecule has 0 unspecified atom stereocenters. The first-order chi connectivity index (χ1) is 16.4. The van der Waals surface area contributed by atoms with E-state index in [0.717, 1.165) is 16.8 Å². The van der Waals surface area contributed by atoms with E-state index >= 15 is 4.39 Å². The van der Waals surface area contributed by atoms with Crippen LogP contribution in [0.15, 0.2) is 59.6 Å². The number of hydrogen-bond acceptors (Lipinski definition) is 6. The molecule has 0 radical (unpaired) electrons. The number of nitriles is 1. The van der Waals surface area contributed by atoms with E-state index in [9.17, 15) is 8.42 Å². The van der Waals surface area contributed by atoms with Crippen molar-refractivity contribution < 1.29 is 22.3 Å². The first-order valence-corrected chi connectivity index (χ1v) is 12.5. The predicted octanol–water partition coefficient (Wildman–Crippen LogP) is 3.93. The molecule has 9 heteroatoms. The lowest BCUT2D eigenvalue weighted by Crippen LogP contribution is -2.21. The number of ether oxygens (including phenoxy) is 2. The van der Waals surface area contributed by atoms with Gasteiger partial charge in [0, 0.05) is 37.6 Å². The Bertz CT molecular complexity index is 1310. The van der Waals surface area contributed by atoms with Crippen LogP contribution in [0.25, 0.3) is 11.3 Å². The van der Waals surface area contributed by atoms with Crippen molar-refractivity contribution in [2.75, 3.05) is 26.9 Å². The maximum absolute atomic E-state index is 15.2. The molecule has 0 aliphatic carbocycles. The smallest absolute Gasteiger partial charge is 0.268 e. The van der Waals surface area contributed by atoms with Gasteiger partial charge in [0.25, 0.3) is 10.0 Å². The lowest BCUT2D eigenvalue weighted by Gasteiger charge is -2.22. The number of benzene rings is 2. The maximum atomic E-state index is 15.2. The summed E-state index contributed by atoms with van der Waals surface area (Å²) >= 11 is 0. The molecule has 4 rings (SSSR count). The Morgan fingerprint density at radius 3 is 2.71 bits per heavy atom. The van der Waals surface area contributed by atoms with E-state index < -0.39 is 15.8 Å². The summed E-state index contributed by atoms with van der Waals surface area (Å²) in [4.78, 5) is -0.0452. The van der Waals surface area contributed by atoms with Crippen LogP contribution in [0.3, 0.4) is 0 Å². The van der Waals surface area contributed by atoms with Gasteiger partial charge in [-0.3, -0.25) is 0 Å². The Balaban J connectivity index is 1.68. The summed E-state index contributed by atoms with van der Waals surface area (Å²) in [5.41, 5.74) is 1.24. The number of rotatable bonds is 8. The molecule has 1 aromatic heterocycles. The number of nitrogens with one attached hydrogen (secondary N) is 1. The molecule has 2 heterocycles. The molecule has 1 N–H and O–H groups in total. The second-order valence-electron chi connectivity index (χ2n) is 8.21. The third-order valence-electron chi connectivity index (χ3n) is 5.79. The minimum Gasteiger partial charge on any atom is -0.493 e. The molecule has 1 aliphatic rings. The first kappa shape index (κ1) is 24.0. The molecule has 7 nitrogen and oxygen atoms in total. The number of hydrogen-bond donors (Lipinski definition) is 1. The Morgan fingerprint density at radius 2 is 2.00 bits per heavy atom. The van der Waals surface area contributed by atoms with E-state index in [-0.39, 0.29) is 21.7 Å². The molecule has 1 saturated heterocycles. The first-order valence-electron chi connectivity index (χ1n) is 11.0. The Kier molecular flexibility index (Phi) is 7.32. The van der Waals surface area contributed by atoms with E-state index in [0.29, 0.717) is 43.6 Å². The summed E-state index contributed by atoms with van der Waals surface area (Å²) < 4.78 is 54.3. The van der Waals surface area contributed by atoms with Gasteiger partial charge < -0.3 is 14.8 Å². The fourth-order valence-electron chi connectivity index (χ4n) is 3.95. The quantitative estimate of drug-likeness (QED) is 0.522. The lowest BCUT2D eigenvalue weighted by molar-refractivity contribution is 0.0497. The van der Waals surface area contributed by atoms with Gasteiger partial charge in [-0.2, -0.15) is 5.26 Å². The number of aromatic nitrogens is 1. The van der Waals surface area contributed by atoms with Crippen LogP contribution in [-0.4, -0.2) is 39.3 Å². The van der Waals surface area contributed by atoms with Crippen LogP contribution in [0.2, 0.25) is 0 Å². The van der Waals surface area contributed by atoms with Crippen molar-refractivity contribution in [2.24, 2.45) is 5.92 Å². The Hall–Kier alpha value is -3.19. The van der Waals surface area contributed by atoms with Crippen molar-refractivity contribution in [3.05, 3.63) is 71.7 Å². The van der Waals surface area contributed by atoms with Crippen LogP contribution in [0.1, 0.15) is 24.0 Å². The van der Waals surface area contributed by atoms with Gasteiger partial charge in [-0.1, -0.05) is 6.07 Å². The Morgan fingerprint density at radius 1 is 1.21 bits per heavy atom. The second-order valence-corrected chi connectivity index (χ2v) is 10.0. The van der Waals surface area contributed by atoms with Crippen molar-refractivity contribution in [2.45, 2.75) is 24.3 Å². The van der Waals surface area contributed by atoms with Gasteiger partial charge in [-0.15, -0.1) is 0 Å². The SMILES string of the molecule is CNCc1cc(-c2ccc(OCC3CCOCC3)cc2F)n(S(=O)(=O)c2cccc(C#N)c2)c1. The van der Waals surface area contributed by atoms with Gasteiger partial charge in [0.15, 0.2) is 0 Å². The largest absolute Gasteiger partial charge is 0.493 e. The highest BCUT2D eigenvalue weighted by Gasteiger charge is 2.24. The molecule has 1 fully saturated rings. The maximum Gasteiger partial charge on any atom is 0.268 e. The average molecular weight is 484 g/mol. The van der Waals surface area contributed by atoms with Gasteiger partial charge in [0.2, 0.25) is 0 Å². The third kappa shape index (κ3) is 5.14. The molecule has 0 bridgehead atoms. The van der Waals surface area contributed by atoms with Crippen LogP contribution in [0.5, 0.6) is 5.75 Å². The van der Waals surface area contributed by atoms with Crippen molar-refractivity contribution >= 4 is 10.0 Å². The van der Waals surface area contributed by atoms with Crippen molar-refractivity contribution in [3.8, 4) is 23.1 Å². The van der Waals surface area contributed by atoms with E-state index in [1.165, 1.54) is 42.6 Å². The lowest BCUT2D eigenvalue weighted by atomic mass is 10.0. The summed E-state index contributed by atoms with van der Waals surface area (Å²) in [6, 6.07) is 13.8. The van der Waals surface area contributed by atoms with Gasteiger partial charge >= 0.3 is 0 Å². The van der Waals surface area contributed by atoms with Crippen molar-refractivity contribution in [1.29, 1.82) is 5.26 Å². The summed E-state index contributed by atoms with van der Waals surface area (Å²) in [5, 5.41) is 12.1. The normalized spacial score (nSPS) is 14.6. The minimum atomic E-state index is -4.07. The summed E-state index contributed by atoms with van der Waals surface area (Å²) in [6.07, 6.45) is 3.29. The van der Waals surface area contributed by atoms with Crippen molar-refractivity contribution in [3.63, 3.8) is 0 Å². The van der Waals surface area contributed by atoms with Crippen LogP contribution >= 0.6 is 0 Å². The van der Waals surface area contributed by atoms with E-state index in [2.05, 4.69) is 5.32 Å². The molecular formula is C25H26FN3O4S. The minimum absolute atomic E-state index is 0.0452. The number of nitrogens with zero attached hydrogens (tertiary/aromatic N) is 2. The fourth-order valence-corrected chi connectivity index (χ4v) is 5.39. The molecular weight excluding hydrogens is 457 g/mol. The Labute approximate surface area is 198 Å². The molecule has 0 saturated carbocycles. The topological polar surface area (TPSA) is 93.3 Å². The number of halogens is 1. The van der Waals surface area contributed by atoms with Crippen LogP contribution in [-0.2, 0) is 21.3 Å². The van der Waals surface area contributed by atoms with E-state index in [1.807, 2.05) is 6.07 Å². The second kappa shape index (κ2) is 10.4. The molecule has 0 amide bonds. The molecule has 3 aromatic rings. The average Bonchev–Trinajstić information content (AvgIpc) is 3.28. The summed E-state index contributed by atoms with van der Waals surface area (Å²) in [7, 11) is -2.33. The predicted molar refractivity (Wildman–Crippen MR) is 125 cm³/mol. The summed E-state index contributed by atoms with van der Waals surface area (Å²) in [5.74, 6) is 0.179. The zero-order valence-electron chi connectivity index (χ0n) is 18.8. The highest BCUT2D eigenvalue weighted by Crippen LogP contribution is 2.31. The molecule has 34 heavy (non-hydrogen) atoms. The monoisotopic (exact) mass is 483 g/mol. The van der Waals surface area contributed by atoms with E-state index in [1.54, 1.807) is 19.2 Å². The zero-order valence-corrected chi connectivity index (χ0v) is 19.6. The highest BCUT2D eigenvalue weighted by molar-refractivity contribution is 7.90. The highest BCUT2D eigenvalue weighted by atomic mass is 32.2. The van der Waals surface area contributed by atoms with Gasteiger partial charge in [0.05, 0.1) is 28.8 Å². The molecule has 0 atom stereocenters. The molecule has 2 aromatic carbocycles. The molecule has 178 valence electrons. The summed E-state index contributed by atoms with van der Waals surface area (Å²) in [6.45, 7) is 2.30. The van der Waals surface area contributed by atoms with E-state index in [4.69, 9.17) is 14.7 Å².